The van der Waals surface area contributed by atoms with Gasteiger partial charge in [-0.25, -0.2) is 9.78 Å². The Hall–Kier alpha value is -3.05. The zero-order valence-electron chi connectivity index (χ0n) is 15.1. The predicted octanol–water partition coefficient (Wildman–Crippen LogP) is 2.41. The van der Waals surface area contributed by atoms with Crippen molar-refractivity contribution in [2.24, 2.45) is 5.92 Å². The van der Waals surface area contributed by atoms with Gasteiger partial charge in [0.15, 0.2) is 0 Å². The second-order valence-corrected chi connectivity index (χ2v) is 7.50. The van der Waals surface area contributed by atoms with Crippen LogP contribution in [-0.2, 0) is 21.9 Å². The lowest BCUT2D eigenvalue weighted by atomic mass is 10.1. The maximum Gasteiger partial charge on any atom is 0.340 e. The number of esters is 1. The van der Waals surface area contributed by atoms with E-state index in [1.165, 1.54) is 18.0 Å². The molecular weight excluding hydrogens is 376 g/mol. The van der Waals surface area contributed by atoms with E-state index in [0.717, 1.165) is 5.56 Å². The predicted molar refractivity (Wildman–Crippen MR) is 104 cm³/mol. The van der Waals surface area contributed by atoms with Crippen molar-refractivity contribution in [2.75, 3.05) is 18.0 Å². The van der Waals surface area contributed by atoms with Gasteiger partial charge in [0.25, 0.3) is 0 Å². The summed E-state index contributed by atoms with van der Waals surface area (Å²) in [5.41, 5.74) is 2.38. The summed E-state index contributed by atoms with van der Waals surface area (Å²) in [5, 5.41) is 9.44. The van der Waals surface area contributed by atoms with Crippen molar-refractivity contribution >= 4 is 29.6 Å². The molecular formula is C20H18N4O3S. The molecule has 0 radical (unpaired) electrons. The van der Waals surface area contributed by atoms with Gasteiger partial charge >= 0.3 is 5.97 Å². The van der Waals surface area contributed by atoms with Crippen LogP contribution in [0.15, 0.2) is 36.4 Å². The molecule has 1 aromatic carbocycles. The van der Waals surface area contributed by atoms with Gasteiger partial charge in [0.1, 0.15) is 18.5 Å². The Labute approximate surface area is 166 Å². The van der Waals surface area contributed by atoms with Crippen molar-refractivity contribution < 1.29 is 14.3 Å². The van der Waals surface area contributed by atoms with Crippen molar-refractivity contribution in [3.8, 4) is 6.07 Å². The van der Waals surface area contributed by atoms with Crippen LogP contribution in [0.2, 0.25) is 0 Å². The van der Waals surface area contributed by atoms with Gasteiger partial charge in [0, 0.05) is 18.8 Å². The minimum atomic E-state index is -0.445. The molecule has 1 N–H and O–H groups in total. The molecule has 1 amide bonds. The molecule has 3 heterocycles. The van der Waals surface area contributed by atoms with Gasteiger partial charge in [-0.3, -0.25) is 9.52 Å². The Kier molecular flexibility index (Phi) is 5.17. The molecule has 2 aliphatic heterocycles. The molecule has 1 fully saturated rings. The maximum atomic E-state index is 12.5. The molecule has 1 aromatic heterocycles. The fraction of sp³-hybridized carbons (Fsp3) is 0.300. The van der Waals surface area contributed by atoms with E-state index in [1.54, 1.807) is 0 Å². The zero-order valence-corrected chi connectivity index (χ0v) is 15.9. The number of hydrogen-bond acceptors (Lipinski definition) is 7. The summed E-state index contributed by atoms with van der Waals surface area (Å²) < 4.78 is 7.91. The summed E-state index contributed by atoms with van der Waals surface area (Å²) >= 11 is 1.38. The highest BCUT2D eigenvalue weighted by Crippen LogP contribution is 2.29. The fourth-order valence-corrected chi connectivity index (χ4v) is 4.12. The van der Waals surface area contributed by atoms with E-state index in [2.05, 4.69) is 15.8 Å². The Bertz CT molecular complexity index is 958. The highest BCUT2D eigenvalue weighted by atomic mass is 32.2. The molecule has 142 valence electrons. The number of amides is 1. The number of benzene rings is 1. The number of ether oxygens (including phenoxy) is 1. The van der Waals surface area contributed by atoms with Crippen LogP contribution in [0.4, 0.5) is 5.82 Å². The number of cyclic esters (lactones) is 1. The number of nitrogens with zero attached hydrogens (tertiary/aromatic N) is 3. The summed E-state index contributed by atoms with van der Waals surface area (Å²) in [4.78, 5) is 30.6. The first-order valence-electron chi connectivity index (χ1n) is 8.97. The van der Waals surface area contributed by atoms with Crippen LogP contribution in [0.3, 0.4) is 0 Å². The quantitative estimate of drug-likeness (QED) is 0.615. The lowest BCUT2D eigenvalue weighted by Gasteiger charge is -2.19. The van der Waals surface area contributed by atoms with Gasteiger partial charge < -0.3 is 9.64 Å². The minimum Gasteiger partial charge on any atom is -0.455 e. The van der Waals surface area contributed by atoms with E-state index < -0.39 is 5.97 Å². The lowest BCUT2D eigenvalue weighted by molar-refractivity contribution is -0.122. The smallest absolute Gasteiger partial charge is 0.340 e. The van der Waals surface area contributed by atoms with Crippen molar-refractivity contribution in [3.63, 3.8) is 0 Å². The van der Waals surface area contributed by atoms with Crippen LogP contribution in [-0.4, -0.2) is 29.9 Å². The number of hydrogen-bond donors (Lipinski definition) is 1. The zero-order chi connectivity index (χ0) is 19.5. The second kappa shape index (κ2) is 7.90. The Balaban J connectivity index is 1.38. The number of fused-ring (bicyclic) bond motifs is 1. The largest absolute Gasteiger partial charge is 0.455 e. The van der Waals surface area contributed by atoms with E-state index in [-0.39, 0.29) is 18.4 Å². The molecule has 4 rings (SSSR count). The van der Waals surface area contributed by atoms with Gasteiger partial charge in [0.2, 0.25) is 5.91 Å². The highest BCUT2D eigenvalue weighted by molar-refractivity contribution is 7.97. The van der Waals surface area contributed by atoms with Crippen LogP contribution >= 0.6 is 11.9 Å². The topological polar surface area (TPSA) is 95.3 Å². The van der Waals surface area contributed by atoms with Crippen molar-refractivity contribution in [2.45, 2.75) is 18.8 Å². The third-order valence-electron chi connectivity index (χ3n) is 4.87. The molecule has 0 spiro atoms. The Morgan fingerprint density at radius 2 is 2.21 bits per heavy atom. The highest BCUT2D eigenvalue weighted by Gasteiger charge is 2.32. The third kappa shape index (κ3) is 3.66. The molecule has 0 saturated carbocycles. The molecule has 1 atom stereocenters. The molecule has 28 heavy (non-hydrogen) atoms. The normalized spacial score (nSPS) is 17.8. The van der Waals surface area contributed by atoms with Crippen LogP contribution < -0.4 is 9.62 Å². The summed E-state index contributed by atoms with van der Waals surface area (Å²) in [6.07, 6.45) is 0.691. The average molecular weight is 394 g/mol. The summed E-state index contributed by atoms with van der Waals surface area (Å²) in [7, 11) is 0. The van der Waals surface area contributed by atoms with E-state index in [9.17, 15) is 14.9 Å². The maximum absolute atomic E-state index is 12.5. The first-order chi connectivity index (χ1) is 13.7. The molecule has 8 heteroatoms. The van der Waals surface area contributed by atoms with Crippen molar-refractivity contribution in [1.29, 1.82) is 5.26 Å². The third-order valence-corrected chi connectivity index (χ3v) is 5.70. The Morgan fingerprint density at radius 1 is 1.39 bits per heavy atom. The van der Waals surface area contributed by atoms with Crippen LogP contribution in [0.1, 0.15) is 33.6 Å². The van der Waals surface area contributed by atoms with Crippen LogP contribution in [0, 0.1) is 17.2 Å². The van der Waals surface area contributed by atoms with E-state index in [0.29, 0.717) is 47.9 Å². The van der Waals surface area contributed by atoms with Crippen LogP contribution in [0.25, 0.3) is 0 Å². The van der Waals surface area contributed by atoms with E-state index >= 15 is 0 Å². The number of anilines is 1. The molecule has 0 aliphatic carbocycles. The molecule has 2 aromatic rings. The number of nitriles is 1. The second-order valence-electron chi connectivity index (χ2n) is 6.71. The molecule has 1 saturated heterocycles. The lowest BCUT2D eigenvalue weighted by Crippen LogP contribution is -2.29. The number of nitrogens with one attached hydrogen (secondary N) is 1. The van der Waals surface area contributed by atoms with Crippen LogP contribution in [0.5, 0.6) is 0 Å². The SMILES string of the molecule is N#Cc1cc2c(nc1N1CCC(C(=O)NSCc3ccccc3)C1)COC2=O. The number of aromatic nitrogens is 1. The molecule has 0 bridgehead atoms. The number of rotatable bonds is 5. The molecule has 7 nitrogen and oxygen atoms in total. The Morgan fingerprint density at radius 3 is 3.00 bits per heavy atom. The minimum absolute atomic E-state index is 0.0124. The number of pyridine rings is 1. The van der Waals surface area contributed by atoms with Crippen molar-refractivity contribution in [1.82, 2.24) is 9.71 Å². The summed E-state index contributed by atoms with van der Waals surface area (Å²) in [5.74, 6) is 0.609. The standard InChI is InChI=1S/C20H18N4O3S/c21-9-15-8-16-17(11-27-20(16)26)22-18(15)24-7-6-14(10-24)19(25)23-28-12-13-4-2-1-3-5-13/h1-5,8,14H,6-7,10-12H2,(H,23,25). The molecule has 2 aliphatic rings. The number of carbonyl (C=O) groups is 2. The summed E-state index contributed by atoms with van der Waals surface area (Å²) in [6.45, 7) is 1.25. The molecule has 1 unspecified atom stereocenters. The van der Waals surface area contributed by atoms with Gasteiger partial charge in [-0.2, -0.15) is 5.26 Å². The van der Waals surface area contributed by atoms with Crippen molar-refractivity contribution in [3.05, 3.63) is 58.8 Å². The monoisotopic (exact) mass is 394 g/mol. The van der Waals surface area contributed by atoms with Gasteiger partial charge in [-0.1, -0.05) is 30.3 Å². The van der Waals surface area contributed by atoms with E-state index in [4.69, 9.17) is 4.74 Å². The summed E-state index contributed by atoms with van der Waals surface area (Å²) in [6, 6.07) is 13.6. The number of carbonyl (C=O) groups excluding carboxylic acids is 2. The van der Waals surface area contributed by atoms with Gasteiger partial charge in [-0.05, 0) is 30.0 Å². The fourth-order valence-electron chi connectivity index (χ4n) is 3.38. The van der Waals surface area contributed by atoms with Gasteiger partial charge in [-0.15, -0.1) is 0 Å². The van der Waals surface area contributed by atoms with Gasteiger partial charge in [0.05, 0.1) is 22.7 Å². The first-order valence-corrected chi connectivity index (χ1v) is 9.96. The average Bonchev–Trinajstić information content (AvgIpc) is 3.35. The first kappa shape index (κ1) is 18.3. The van der Waals surface area contributed by atoms with E-state index in [1.807, 2.05) is 35.2 Å².